The molecule has 0 N–H and O–H groups in total. The highest BCUT2D eigenvalue weighted by atomic mass is 79.9. The van der Waals surface area contributed by atoms with Crippen LogP contribution in [-0.4, -0.2) is 29.8 Å². The van der Waals surface area contributed by atoms with Crippen LogP contribution < -0.4 is 0 Å². The van der Waals surface area contributed by atoms with Gasteiger partial charge < -0.3 is 0 Å². The van der Waals surface area contributed by atoms with Crippen LogP contribution in [0.2, 0.25) is 0 Å². The van der Waals surface area contributed by atoms with E-state index in [-0.39, 0.29) is 11.8 Å². The average molecular weight is 284 g/mol. The molecule has 1 unspecified atom stereocenters. The summed E-state index contributed by atoms with van der Waals surface area (Å²) in [4.78, 5) is 14.2. The van der Waals surface area contributed by atoms with Crippen LogP contribution in [0.15, 0.2) is 28.7 Å². The van der Waals surface area contributed by atoms with Gasteiger partial charge in [-0.1, -0.05) is 28.1 Å². The van der Waals surface area contributed by atoms with Crippen molar-refractivity contribution < 1.29 is 4.79 Å². The van der Waals surface area contributed by atoms with Gasteiger partial charge in [-0.2, -0.15) is 0 Å². The predicted molar refractivity (Wildman–Crippen MR) is 70.8 cm³/mol. The fourth-order valence-electron chi connectivity index (χ4n) is 1.49. The van der Waals surface area contributed by atoms with Crippen LogP contribution in [0.1, 0.15) is 31.1 Å². The maximum atomic E-state index is 12.1. The van der Waals surface area contributed by atoms with Crippen LogP contribution in [0.5, 0.6) is 0 Å². The summed E-state index contributed by atoms with van der Waals surface area (Å²) in [6.45, 7) is 6.13. The van der Waals surface area contributed by atoms with Crippen molar-refractivity contribution in [3.8, 4) is 0 Å². The molecule has 1 aromatic carbocycles. The van der Waals surface area contributed by atoms with Gasteiger partial charge in [0.25, 0.3) is 0 Å². The molecule has 16 heavy (non-hydrogen) atoms. The number of hydrogen-bond donors (Lipinski definition) is 0. The van der Waals surface area contributed by atoms with Crippen molar-refractivity contribution in [1.29, 1.82) is 0 Å². The standard InChI is InChI=1S/C13H18BrNO/c1-9(2)15(4)10(3)13(16)11-5-7-12(14)8-6-11/h5-10H,1-4H3. The van der Waals surface area contributed by atoms with Crippen molar-refractivity contribution in [3.63, 3.8) is 0 Å². The highest BCUT2D eigenvalue weighted by Gasteiger charge is 2.20. The number of rotatable bonds is 4. The van der Waals surface area contributed by atoms with Crippen molar-refractivity contribution in [1.82, 2.24) is 4.90 Å². The lowest BCUT2D eigenvalue weighted by Crippen LogP contribution is -2.40. The predicted octanol–water partition coefficient (Wildman–Crippen LogP) is 3.36. The quantitative estimate of drug-likeness (QED) is 0.790. The van der Waals surface area contributed by atoms with Gasteiger partial charge in [-0.05, 0) is 40.0 Å². The highest BCUT2D eigenvalue weighted by Crippen LogP contribution is 2.14. The second-order valence-electron chi connectivity index (χ2n) is 4.31. The van der Waals surface area contributed by atoms with E-state index in [1.807, 2.05) is 38.2 Å². The van der Waals surface area contributed by atoms with Gasteiger partial charge in [0.1, 0.15) is 0 Å². The molecule has 0 saturated heterocycles. The Morgan fingerprint density at radius 2 is 1.69 bits per heavy atom. The number of Topliss-reactive ketones (excluding diaryl/α,β-unsaturated/α-hetero) is 1. The van der Waals surface area contributed by atoms with E-state index in [0.717, 1.165) is 10.0 Å². The van der Waals surface area contributed by atoms with Crippen molar-refractivity contribution in [3.05, 3.63) is 34.3 Å². The molecule has 1 aromatic rings. The molecule has 88 valence electrons. The number of halogens is 1. The van der Waals surface area contributed by atoms with E-state index in [4.69, 9.17) is 0 Å². The molecule has 0 fully saturated rings. The van der Waals surface area contributed by atoms with E-state index >= 15 is 0 Å². The molecular formula is C13H18BrNO. The summed E-state index contributed by atoms with van der Waals surface area (Å²) in [7, 11) is 1.98. The van der Waals surface area contributed by atoms with Gasteiger partial charge in [-0.3, -0.25) is 9.69 Å². The van der Waals surface area contributed by atoms with Crippen molar-refractivity contribution in [2.24, 2.45) is 0 Å². The zero-order valence-corrected chi connectivity index (χ0v) is 11.8. The van der Waals surface area contributed by atoms with E-state index in [0.29, 0.717) is 6.04 Å². The summed E-state index contributed by atoms with van der Waals surface area (Å²) >= 11 is 3.36. The molecule has 0 aliphatic carbocycles. The average Bonchev–Trinajstić information content (AvgIpc) is 2.27. The molecule has 2 nitrogen and oxygen atoms in total. The number of carbonyl (C=O) groups is 1. The third-order valence-electron chi connectivity index (χ3n) is 2.93. The van der Waals surface area contributed by atoms with Crippen LogP contribution in [-0.2, 0) is 0 Å². The van der Waals surface area contributed by atoms with E-state index in [9.17, 15) is 4.79 Å². The lowest BCUT2D eigenvalue weighted by atomic mass is 10.0. The smallest absolute Gasteiger partial charge is 0.179 e. The lowest BCUT2D eigenvalue weighted by molar-refractivity contribution is 0.0836. The van der Waals surface area contributed by atoms with Crippen LogP contribution in [0.4, 0.5) is 0 Å². The molecule has 0 aliphatic rings. The van der Waals surface area contributed by atoms with Gasteiger partial charge in [0.15, 0.2) is 5.78 Å². The summed E-state index contributed by atoms with van der Waals surface area (Å²) < 4.78 is 0.994. The van der Waals surface area contributed by atoms with E-state index in [1.54, 1.807) is 0 Å². The van der Waals surface area contributed by atoms with Crippen molar-refractivity contribution >= 4 is 21.7 Å². The summed E-state index contributed by atoms with van der Waals surface area (Å²) in [5, 5.41) is 0. The van der Waals surface area contributed by atoms with Crippen molar-refractivity contribution in [2.45, 2.75) is 32.9 Å². The van der Waals surface area contributed by atoms with Gasteiger partial charge in [0, 0.05) is 16.1 Å². The molecule has 0 saturated carbocycles. The van der Waals surface area contributed by atoms with Crippen LogP contribution in [0.25, 0.3) is 0 Å². The summed E-state index contributed by atoms with van der Waals surface area (Å²) in [5.41, 5.74) is 0.767. The van der Waals surface area contributed by atoms with Crippen LogP contribution in [0, 0.1) is 0 Å². The molecule has 0 aliphatic heterocycles. The Morgan fingerprint density at radius 3 is 2.12 bits per heavy atom. The third kappa shape index (κ3) is 3.16. The zero-order chi connectivity index (χ0) is 12.3. The number of carbonyl (C=O) groups excluding carboxylic acids is 1. The first-order chi connectivity index (χ1) is 7.43. The van der Waals surface area contributed by atoms with Gasteiger partial charge in [0.2, 0.25) is 0 Å². The summed E-state index contributed by atoms with van der Waals surface area (Å²) in [6, 6.07) is 7.80. The molecule has 0 aromatic heterocycles. The van der Waals surface area contributed by atoms with Crippen molar-refractivity contribution in [2.75, 3.05) is 7.05 Å². The molecule has 0 amide bonds. The molecule has 1 rings (SSSR count). The lowest BCUT2D eigenvalue weighted by Gasteiger charge is -2.27. The third-order valence-corrected chi connectivity index (χ3v) is 3.46. The monoisotopic (exact) mass is 283 g/mol. The minimum atomic E-state index is -0.0822. The zero-order valence-electron chi connectivity index (χ0n) is 10.2. The van der Waals surface area contributed by atoms with Gasteiger partial charge in [0.05, 0.1) is 6.04 Å². The fraction of sp³-hybridized carbons (Fsp3) is 0.462. The van der Waals surface area contributed by atoms with Gasteiger partial charge >= 0.3 is 0 Å². The molecule has 3 heteroatoms. The van der Waals surface area contributed by atoms with Gasteiger partial charge in [-0.15, -0.1) is 0 Å². The van der Waals surface area contributed by atoms with E-state index in [1.165, 1.54) is 0 Å². The topological polar surface area (TPSA) is 20.3 Å². The minimum Gasteiger partial charge on any atom is -0.294 e. The largest absolute Gasteiger partial charge is 0.294 e. The highest BCUT2D eigenvalue weighted by molar-refractivity contribution is 9.10. The Labute approximate surface area is 106 Å². The summed E-state index contributed by atoms with van der Waals surface area (Å²) in [6.07, 6.45) is 0. The van der Waals surface area contributed by atoms with Crippen LogP contribution >= 0.6 is 15.9 Å². The van der Waals surface area contributed by atoms with Gasteiger partial charge in [-0.25, -0.2) is 0 Å². The Hall–Kier alpha value is -0.670. The first-order valence-corrected chi connectivity index (χ1v) is 6.24. The number of likely N-dealkylation sites (N-methyl/N-ethyl adjacent to an activating group) is 1. The number of nitrogens with zero attached hydrogens (tertiary/aromatic N) is 1. The molecule has 0 radical (unpaired) electrons. The molecular weight excluding hydrogens is 266 g/mol. The number of benzene rings is 1. The maximum Gasteiger partial charge on any atom is 0.179 e. The second-order valence-corrected chi connectivity index (χ2v) is 5.22. The Morgan fingerprint density at radius 1 is 1.19 bits per heavy atom. The first kappa shape index (κ1) is 13.4. The first-order valence-electron chi connectivity index (χ1n) is 5.45. The number of hydrogen-bond acceptors (Lipinski definition) is 2. The Bertz CT molecular complexity index is 359. The van der Waals surface area contributed by atoms with E-state index in [2.05, 4.69) is 34.7 Å². The molecule has 0 spiro atoms. The van der Waals surface area contributed by atoms with E-state index < -0.39 is 0 Å². The molecule has 1 atom stereocenters. The normalized spacial score (nSPS) is 13.2. The summed E-state index contributed by atoms with van der Waals surface area (Å²) in [5.74, 6) is 0.170. The molecule has 0 bridgehead atoms. The maximum absolute atomic E-state index is 12.1. The Balaban J connectivity index is 2.82. The Kier molecular flexibility index (Phi) is 4.69. The fourth-order valence-corrected chi connectivity index (χ4v) is 1.75. The number of ketones is 1. The second kappa shape index (κ2) is 5.60. The minimum absolute atomic E-state index is 0.0822. The SMILES string of the molecule is CC(C)N(C)C(C)C(=O)c1ccc(Br)cc1. The van der Waals surface area contributed by atoms with Crippen LogP contribution in [0.3, 0.4) is 0 Å². The molecule has 0 heterocycles.